The van der Waals surface area contributed by atoms with Crippen LogP contribution < -0.4 is 10.6 Å². The Morgan fingerprint density at radius 2 is 2.00 bits per heavy atom. The van der Waals surface area contributed by atoms with Crippen molar-refractivity contribution in [2.45, 2.75) is 44.4 Å². The lowest BCUT2D eigenvalue weighted by atomic mass is 9.89. The molecule has 12 heteroatoms. The van der Waals surface area contributed by atoms with E-state index in [9.17, 15) is 23.2 Å². The molecule has 2 aliphatic heterocycles. The van der Waals surface area contributed by atoms with Crippen molar-refractivity contribution in [2.24, 2.45) is 5.92 Å². The highest BCUT2D eigenvalue weighted by Crippen LogP contribution is 2.35. The first kappa shape index (κ1) is 24.0. The summed E-state index contributed by atoms with van der Waals surface area (Å²) in [6.45, 7) is 4.29. The molecule has 36 heavy (non-hydrogen) atoms. The second kappa shape index (κ2) is 9.39. The molecule has 3 aromatic rings. The van der Waals surface area contributed by atoms with Crippen LogP contribution in [-0.4, -0.2) is 62.5 Å². The molecule has 188 valence electrons. The molecule has 5 heterocycles. The Kier molecular flexibility index (Phi) is 6.26. The largest absolute Gasteiger partial charge is 0.417 e. The third-order valence-corrected chi connectivity index (χ3v) is 7.06. The summed E-state index contributed by atoms with van der Waals surface area (Å²) >= 11 is 0. The van der Waals surface area contributed by atoms with E-state index in [4.69, 9.17) is 0 Å². The molecular weight excluding hydrogens is 473 g/mol. The molecule has 2 aliphatic rings. The summed E-state index contributed by atoms with van der Waals surface area (Å²) in [7, 11) is 0. The first-order valence-corrected chi connectivity index (χ1v) is 11.8. The van der Waals surface area contributed by atoms with E-state index in [0.29, 0.717) is 18.7 Å². The van der Waals surface area contributed by atoms with Gasteiger partial charge in [-0.05, 0) is 44.7 Å². The van der Waals surface area contributed by atoms with Gasteiger partial charge in [-0.2, -0.15) is 18.4 Å². The average molecular weight is 499 g/mol. The van der Waals surface area contributed by atoms with Crippen molar-refractivity contribution in [3.05, 3.63) is 35.8 Å². The number of rotatable bonds is 5. The van der Waals surface area contributed by atoms with Gasteiger partial charge in [-0.25, -0.2) is 15.0 Å². The molecule has 2 fully saturated rings. The standard InChI is InChI=1S/C24H25F3N8O/c1-13(14-3-6-35(7-4-14)22(36)19-2-5-29-19)33-23-32-10-15(9-28)20(34-23)18-12-31-21-17(18)8-16(11-30-21)24(25,26)27/h8,10-14,19,29H,2-7H2,1H3,(H,30,31)(H,32,33,34)/t13?,19-/m1/s1. The van der Waals surface area contributed by atoms with Crippen molar-refractivity contribution >= 4 is 22.9 Å². The van der Waals surface area contributed by atoms with E-state index in [1.54, 1.807) is 0 Å². The number of pyridine rings is 1. The van der Waals surface area contributed by atoms with Crippen LogP contribution in [0.4, 0.5) is 19.1 Å². The van der Waals surface area contributed by atoms with Gasteiger partial charge in [0.05, 0.1) is 29.1 Å². The number of halogens is 3. The molecule has 0 radical (unpaired) electrons. The highest BCUT2D eigenvalue weighted by molar-refractivity contribution is 5.94. The molecule has 0 saturated carbocycles. The number of nitriles is 1. The summed E-state index contributed by atoms with van der Waals surface area (Å²) in [5, 5.41) is 16.2. The maximum absolute atomic E-state index is 13.3. The van der Waals surface area contributed by atoms with Crippen molar-refractivity contribution < 1.29 is 18.0 Å². The summed E-state index contributed by atoms with van der Waals surface area (Å²) in [5.74, 6) is 0.739. The fourth-order valence-electron chi connectivity index (χ4n) is 4.75. The molecule has 3 aromatic heterocycles. The lowest BCUT2D eigenvalue weighted by molar-refractivity contribution is -0.138. The van der Waals surface area contributed by atoms with Crippen molar-refractivity contribution in [3.8, 4) is 17.3 Å². The quantitative estimate of drug-likeness (QED) is 0.493. The van der Waals surface area contributed by atoms with Crippen LogP contribution in [0.25, 0.3) is 22.3 Å². The van der Waals surface area contributed by atoms with Gasteiger partial charge in [0.2, 0.25) is 11.9 Å². The third-order valence-electron chi connectivity index (χ3n) is 7.06. The Morgan fingerprint density at radius 3 is 2.64 bits per heavy atom. The number of piperidine rings is 1. The SMILES string of the molecule is CC(Nc1ncc(C#N)c(-c2c[nH]c3ncc(C(F)(F)F)cc23)n1)C1CCN(C(=O)[C@H]2CCN2)CC1. The Bertz CT molecular complexity index is 1320. The van der Waals surface area contributed by atoms with Crippen LogP contribution in [0.15, 0.2) is 24.7 Å². The monoisotopic (exact) mass is 498 g/mol. The van der Waals surface area contributed by atoms with E-state index in [2.05, 4.69) is 30.6 Å². The first-order chi connectivity index (χ1) is 17.2. The van der Waals surface area contributed by atoms with Gasteiger partial charge >= 0.3 is 6.18 Å². The molecule has 5 rings (SSSR count). The Morgan fingerprint density at radius 1 is 1.25 bits per heavy atom. The topological polar surface area (TPSA) is 123 Å². The minimum absolute atomic E-state index is 0.00802. The summed E-state index contributed by atoms with van der Waals surface area (Å²) in [6, 6.07) is 2.97. The second-order valence-electron chi connectivity index (χ2n) is 9.28. The van der Waals surface area contributed by atoms with Gasteiger partial charge in [-0.1, -0.05) is 0 Å². The molecular formula is C24H25F3N8O. The van der Waals surface area contributed by atoms with Crippen LogP contribution in [0, 0.1) is 17.2 Å². The van der Waals surface area contributed by atoms with E-state index in [1.165, 1.54) is 12.4 Å². The lowest BCUT2D eigenvalue weighted by Crippen LogP contribution is -2.56. The van der Waals surface area contributed by atoms with E-state index in [1.807, 2.05) is 17.9 Å². The normalized spacial score (nSPS) is 19.5. The number of nitrogens with zero attached hydrogens (tertiary/aromatic N) is 5. The number of H-pyrrole nitrogens is 1. The Hall–Kier alpha value is -3.72. The summed E-state index contributed by atoms with van der Waals surface area (Å²) < 4.78 is 39.8. The smallest absolute Gasteiger partial charge is 0.351 e. The Balaban J connectivity index is 1.34. The molecule has 2 saturated heterocycles. The number of nitrogens with one attached hydrogen (secondary N) is 3. The molecule has 0 spiro atoms. The highest BCUT2D eigenvalue weighted by Gasteiger charge is 2.33. The van der Waals surface area contributed by atoms with Gasteiger partial charge in [0.1, 0.15) is 11.7 Å². The molecule has 3 N–H and O–H groups in total. The van der Waals surface area contributed by atoms with Crippen LogP contribution >= 0.6 is 0 Å². The molecule has 1 amide bonds. The number of anilines is 1. The zero-order valence-corrected chi connectivity index (χ0v) is 19.6. The summed E-state index contributed by atoms with van der Waals surface area (Å²) in [6.07, 6.45) is 1.65. The van der Waals surface area contributed by atoms with E-state index in [-0.39, 0.29) is 52.1 Å². The van der Waals surface area contributed by atoms with Crippen LogP contribution in [-0.2, 0) is 11.0 Å². The number of alkyl halides is 3. The number of fused-ring (bicyclic) bond motifs is 1. The highest BCUT2D eigenvalue weighted by atomic mass is 19.4. The maximum Gasteiger partial charge on any atom is 0.417 e. The van der Waals surface area contributed by atoms with Crippen LogP contribution in [0.3, 0.4) is 0 Å². The van der Waals surface area contributed by atoms with E-state index >= 15 is 0 Å². The molecule has 9 nitrogen and oxygen atoms in total. The zero-order valence-electron chi connectivity index (χ0n) is 19.6. The lowest BCUT2D eigenvalue weighted by Gasteiger charge is -2.38. The van der Waals surface area contributed by atoms with Crippen LogP contribution in [0.1, 0.15) is 37.3 Å². The van der Waals surface area contributed by atoms with Crippen molar-refractivity contribution in [2.75, 3.05) is 25.0 Å². The molecule has 2 atom stereocenters. The minimum Gasteiger partial charge on any atom is -0.351 e. The van der Waals surface area contributed by atoms with E-state index < -0.39 is 11.7 Å². The van der Waals surface area contributed by atoms with E-state index in [0.717, 1.165) is 38.1 Å². The number of carbonyl (C=O) groups is 1. The van der Waals surface area contributed by atoms with Gasteiger partial charge in [-0.3, -0.25) is 4.79 Å². The van der Waals surface area contributed by atoms with Crippen LogP contribution in [0.5, 0.6) is 0 Å². The number of hydrogen-bond donors (Lipinski definition) is 3. The van der Waals surface area contributed by atoms with Gasteiger partial charge < -0.3 is 20.5 Å². The average Bonchev–Trinajstić information content (AvgIpc) is 3.25. The molecule has 1 unspecified atom stereocenters. The zero-order chi connectivity index (χ0) is 25.4. The number of aromatic nitrogens is 4. The van der Waals surface area contributed by atoms with Gasteiger partial charge in [0, 0.05) is 42.5 Å². The third kappa shape index (κ3) is 4.58. The number of amides is 1. The van der Waals surface area contributed by atoms with Gasteiger partial charge in [0.25, 0.3) is 0 Å². The van der Waals surface area contributed by atoms with Crippen molar-refractivity contribution in [3.63, 3.8) is 0 Å². The summed E-state index contributed by atoms with van der Waals surface area (Å²) in [5.41, 5.74) is 0.0932. The van der Waals surface area contributed by atoms with Crippen molar-refractivity contribution in [1.29, 1.82) is 5.26 Å². The van der Waals surface area contributed by atoms with Crippen LogP contribution in [0.2, 0.25) is 0 Å². The van der Waals surface area contributed by atoms with Gasteiger partial charge in [0.15, 0.2) is 0 Å². The number of aromatic amines is 1. The fourth-order valence-corrected chi connectivity index (χ4v) is 4.75. The first-order valence-electron chi connectivity index (χ1n) is 11.8. The summed E-state index contributed by atoms with van der Waals surface area (Å²) in [4.78, 5) is 29.9. The number of likely N-dealkylation sites (tertiary alicyclic amines) is 1. The number of carbonyl (C=O) groups excluding carboxylic acids is 1. The molecule has 0 bridgehead atoms. The maximum atomic E-state index is 13.3. The molecule has 0 aromatic carbocycles. The van der Waals surface area contributed by atoms with Gasteiger partial charge in [-0.15, -0.1) is 0 Å². The predicted octanol–water partition coefficient (Wildman–Crippen LogP) is 3.31. The second-order valence-corrected chi connectivity index (χ2v) is 9.28. The minimum atomic E-state index is -4.55. The van der Waals surface area contributed by atoms with Crippen molar-refractivity contribution in [1.82, 2.24) is 30.2 Å². The fraction of sp³-hybridized carbons (Fsp3) is 0.458. The predicted molar refractivity (Wildman–Crippen MR) is 126 cm³/mol. The Labute approximate surface area is 205 Å². The number of hydrogen-bond acceptors (Lipinski definition) is 7. The molecule has 0 aliphatic carbocycles.